The van der Waals surface area contributed by atoms with Crippen LogP contribution in [0, 0.1) is 17.9 Å². The maximum atomic E-state index is 9.47. The van der Waals surface area contributed by atoms with E-state index in [-0.39, 0.29) is 0 Å². The zero-order valence-corrected chi connectivity index (χ0v) is 22.6. The lowest BCUT2D eigenvalue weighted by molar-refractivity contribution is 1.18. The molecule has 196 valence electrons. The molecule has 0 amide bonds. The largest absolute Gasteiger partial charge is 0.310 e. The number of nitriles is 1. The Labute approximate surface area is 244 Å². The molecule has 0 aliphatic rings. The van der Waals surface area contributed by atoms with Crippen LogP contribution in [0.5, 0.6) is 0 Å². The fraction of sp³-hybridized carbons (Fsp3) is 0. The first-order valence-electron chi connectivity index (χ1n) is 13.7. The number of rotatable bonds is 5. The monoisotopic (exact) mass is 536 g/mol. The van der Waals surface area contributed by atoms with Crippen molar-refractivity contribution in [1.29, 1.82) is 5.26 Å². The number of hydrogen-bond donors (Lipinski definition) is 0. The molecule has 0 radical (unpaired) electrons. The van der Waals surface area contributed by atoms with E-state index in [2.05, 4.69) is 105 Å². The number of para-hydroxylation sites is 2. The van der Waals surface area contributed by atoms with Crippen LogP contribution in [0.3, 0.4) is 0 Å². The second-order valence-electron chi connectivity index (χ2n) is 10.1. The standard InChI is InChI=1S/C38H24N4/c1-40-29-18-22-32(23-19-29)41(31-20-16-27(26-39)17-21-31)37-25-35-33-14-8-9-15-36(33)42(30-12-6-3-7-13-30)38(35)24-34(37)28-10-4-2-5-11-28/h2-25H. The van der Waals surface area contributed by atoms with Gasteiger partial charge < -0.3 is 9.47 Å². The van der Waals surface area contributed by atoms with E-state index in [0.717, 1.165) is 50.3 Å². The third-order valence-corrected chi connectivity index (χ3v) is 7.62. The van der Waals surface area contributed by atoms with E-state index in [0.29, 0.717) is 11.3 Å². The first-order chi connectivity index (χ1) is 20.7. The summed E-state index contributed by atoms with van der Waals surface area (Å²) in [7, 11) is 0. The smallest absolute Gasteiger partial charge is 0.187 e. The molecule has 0 saturated carbocycles. The summed E-state index contributed by atoms with van der Waals surface area (Å²) in [6.45, 7) is 7.46. The predicted molar refractivity (Wildman–Crippen MR) is 172 cm³/mol. The number of anilines is 3. The number of hydrogen-bond acceptors (Lipinski definition) is 2. The molecule has 0 saturated heterocycles. The Balaban J connectivity index is 1.59. The van der Waals surface area contributed by atoms with Crippen LogP contribution in [0.1, 0.15) is 5.56 Å². The zero-order chi connectivity index (χ0) is 28.5. The van der Waals surface area contributed by atoms with Crippen LogP contribution in [-0.4, -0.2) is 4.57 Å². The topological polar surface area (TPSA) is 36.3 Å². The molecule has 0 unspecified atom stereocenters. The Kier molecular flexibility index (Phi) is 6.21. The molecule has 6 aromatic carbocycles. The molecule has 0 aliphatic carbocycles. The van der Waals surface area contributed by atoms with Gasteiger partial charge in [-0.2, -0.15) is 5.26 Å². The van der Waals surface area contributed by atoms with Crippen molar-refractivity contribution in [3.05, 3.63) is 163 Å². The number of fused-ring (bicyclic) bond motifs is 3. The van der Waals surface area contributed by atoms with Crippen molar-refractivity contribution < 1.29 is 0 Å². The van der Waals surface area contributed by atoms with Crippen molar-refractivity contribution in [3.63, 3.8) is 0 Å². The molecule has 0 atom stereocenters. The minimum absolute atomic E-state index is 0.586. The van der Waals surface area contributed by atoms with Crippen molar-refractivity contribution in [2.45, 2.75) is 0 Å². The van der Waals surface area contributed by atoms with Crippen LogP contribution in [0.2, 0.25) is 0 Å². The summed E-state index contributed by atoms with van der Waals surface area (Å²) in [5, 5.41) is 11.8. The molecule has 1 aromatic heterocycles. The van der Waals surface area contributed by atoms with Gasteiger partial charge in [0, 0.05) is 33.4 Å². The van der Waals surface area contributed by atoms with E-state index < -0.39 is 0 Å². The van der Waals surface area contributed by atoms with Crippen molar-refractivity contribution in [2.24, 2.45) is 0 Å². The summed E-state index contributed by atoms with van der Waals surface area (Å²) in [6.07, 6.45) is 0. The van der Waals surface area contributed by atoms with Gasteiger partial charge in [0.25, 0.3) is 0 Å². The minimum Gasteiger partial charge on any atom is -0.310 e. The molecule has 4 nitrogen and oxygen atoms in total. The van der Waals surface area contributed by atoms with Crippen LogP contribution in [-0.2, 0) is 0 Å². The van der Waals surface area contributed by atoms with Crippen LogP contribution in [0.15, 0.2) is 146 Å². The van der Waals surface area contributed by atoms with Gasteiger partial charge in [0.15, 0.2) is 5.69 Å². The lowest BCUT2D eigenvalue weighted by atomic mass is 9.99. The fourth-order valence-electron chi connectivity index (χ4n) is 5.68. The highest BCUT2D eigenvalue weighted by molar-refractivity contribution is 6.13. The molecule has 1 heterocycles. The molecule has 4 heteroatoms. The molecular formula is C38H24N4. The van der Waals surface area contributed by atoms with Gasteiger partial charge >= 0.3 is 0 Å². The first-order valence-corrected chi connectivity index (χ1v) is 13.7. The van der Waals surface area contributed by atoms with Gasteiger partial charge in [0.2, 0.25) is 0 Å². The van der Waals surface area contributed by atoms with E-state index in [1.165, 1.54) is 5.39 Å². The first kappa shape index (κ1) is 24.9. The SMILES string of the molecule is [C-]#[N+]c1ccc(N(c2ccc(C#N)cc2)c2cc3c4ccccc4n(-c4ccccc4)c3cc2-c2ccccc2)cc1. The summed E-state index contributed by atoms with van der Waals surface area (Å²) in [4.78, 5) is 5.82. The molecule has 0 aliphatic heterocycles. The summed E-state index contributed by atoms with van der Waals surface area (Å²) >= 11 is 0. The van der Waals surface area contributed by atoms with Gasteiger partial charge in [-0.15, -0.1) is 0 Å². The lowest BCUT2D eigenvalue weighted by Crippen LogP contribution is -2.11. The highest BCUT2D eigenvalue weighted by Crippen LogP contribution is 2.45. The Morgan fingerprint density at radius 1 is 0.619 bits per heavy atom. The Morgan fingerprint density at radius 2 is 1.24 bits per heavy atom. The number of aromatic nitrogens is 1. The van der Waals surface area contributed by atoms with Crippen molar-refractivity contribution in [2.75, 3.05) is 4.90 Å². The third-order valence-electron chi connectivity index (χ3n) is 7.62. The predicted octanol–water partition coefficient (Wildman–Crippen LogP) is 10.3. The number of benzene rings is 6. The lowest BCUT2D eigenvalue weighted by Gasteiger charge is -2.28. The van der Waals surface area contributed by atoms with Gasteiger partial charge in [0.05, 0.1) is 34.9 Å². The van der Waals surface area contributed by atoms with Crippen LogP contribution in [0.4, 0.5) is 22.7 Å². The molecule has 0 N–H and O–H groups in total. The average molecular weight is 537 g/mol. The van der Waals surface area contributed by atoms with Crippen molar-refractivity contribution in [3.8, 4) is 22.9 Å². The van der Waals surface area contributed by atoms with E-state index >= 15 is 0 Å². The minimum atomic E-state index is 0.586. The molecule has 42 heavy (non-hydrogen) atoms. The van der Waals surface area contributed by atoms with Gasteiger partial charge in [-0.05, 0) is 72.3 Å². The summed E-state index contributed by atoms with van der Waals surface area (Å²) in [5.41, 5.74) is 9.57. The second kappa shape index (κ2) is 10.5. The molecule has 7 rings (SSSR count). The quantitative estimate of drug-likeness (QED) is 0.205. The fourth-order valence-corrected chi connectivity index (χ4v) is 5.68. The Morgan fingerprint density at radius 3 is 1.90 bits per heavy atom. The summed E-state index contributed by atoms with van der Waals surface area (Å²) < 4.78 is 2.33. The van der Waals surface area contributed by atoms with Gasteiger partial charge in [-0.3, -0.25) is 0 Å². The maximum Gasteiger partial charge on any atom is 0.187 e. The van der Waals surface area contributed by atoms with Gasteiger partial charge in [-0.1, -0.05) is 78.9 Å². The third kappa shape index (κ3) is 4.25. The molecular weight excluding hydrogens is 512 g/mol. The highest BCUT2D eigenvalue weighted by atomic mass is 15.1. The van der Waals surface area contributed by atoms with E-state index in [1.807, 2.05) is 60.7 Å². The van der Waals surface area contributed by atoms with Crippen molar-refractivity contribution >= 4 is 44.6 Å². The second-order valence-corrected chi connectivity index (χ2v) is 10.1. The average Bonchev–Trinajstić information content (AvgIpc) is 3.39. The van der Waals surface area contributed by atoms with E-state index in [4.69, 9.17) is 6.57 Å². The van der Waals surface area contributed by atoms with Crippen LogP contribution in [0.25, 0.3) is 43.5 Å². The molecule has 7 aromatic rings. The highest BCUT2D eigenvalue weighted by Gasteiger charge is 2.22. The van der Waals surface area contributed by atoms with Crippen molar-refractivity contribution in [1.82, 2.24) is 4.57 Å². The van der Waals surface area contributed by atoms with E-state index in [1.54, 1.807) is 0 Å². The van der Waals surface area contributed by atoms with Crippen LogP contribution < -0.4 is 4.90 Å². The maximum absolute atomic E-state index is 9.47. The van der Waals surface area contributed by atoms with Gasteiger partial charge in [-0.25, -0.2) is 4.85 Å². The Hall–Kier alpha value is -6.10. The normalized spacial score (nSPS) is 10.8. The van der Waals surface area contributed by atoms with Gasteiger partial charge in [0.1, 0.15) is 0 Å². The summed E-state index contributed by atoms with van der Waals surface area (Å²) in [5.74, 6) is 0. The number of nitrogens with zero attached hydrogens (tertiary/aromatic N) is 4. The van der Waals surface area contributed by atoms with E-state index in [9.17, 15) is 5.26 Å². The Bertz CT molecular complexity index is 2070. The van der Waals surface area contributed by atoms with Crippen LogP contribution >= 0.6 is 0 Å². The summed E-state index contributed by atoms with van der Waals surface area (Å²) in [6, 6.07) is 51.5. The molecule has 0 bridgehead atoms. The molecule has 0 spiro atoms. The zero-order valence-electron chi connectivity index (χ0n) is 22.6. The molecule has 0 fully saturated rings.